The molecular formula is C17H15BrN2O4S. The van der Waals surface area contributed by atoms with Crippen molar-refractivity contribution >= 4 is 45.0 Å². The van der Waals surface area contributed by atoms with Crippen LogP contribution in [0.15, 0.2) is 40.2 Å². The fourth-order valence-electron chi connectivity index (χ4n) is 2.65. The highest BCUT2D eigenvalue weighted by molar-refractivity contribution is 9.11. The first-order valence-corrected chi connectivity index (χ1v) is 9.03. The number of ketones is 1. The number of nitrogens with one attached hydrogen (secondary N) is 1. The number of benzene rings is 1. The van der Waals surface area contributed by atoms with Gasteiger partial charge in [0.15, 0.2) is 5.78 Å². The van der Waals surface area contributed by atoms with Crippen molar-refractivity contribution < 1.29 is 19.1 Å². The number of amides is 3. The van der Waals surface area contributed by atoms with Gasteiger partial charge in [0.25, 0.3) is 5.91 Å². The Morgan fingerprint density at radius 3 is 2.48 bits per heavy atom. The minimum Gasteiger partial charge on any atom is -0.497 e. The van der Waals surface area contributed by atoms with E-state index < -0.39 is 17.5 Å². The lowest BCUT2D eigenvalue weighted by atomic mass is 9.92. The number of Topliss-reactive ketones (excluding diaryl/α,β-unsaturated/α-hetero) is 1. The van der Waals surface area contributed by atoms with Gasteiger partial charge in [-0.15, -0.1) is 11.3 Å². The Morgan fingerprint density at radius 1 is 1.24 bits per heavy atom. The summed E-state index contributed by atoms with van der Waals surface area (Å²) in [7, 11) is 1.55. The van der Waals surface area contributed by atoms with Crippen molar-refractivity contribution in [2.24, 2.45) is 0 Å². The van der Waals surface area contributed by atoms with Crippen molar-refractivity contribution in [3.63, 3.8) is 0 Å². The minimum absolute atomic E-state index is 0.279. The Balaban J connectivity index is 1.82. The smallest absolute Gasteiger partial charge is 0.325 e. The van der Waals surface area contributed by atoms with Gasteiger partial charge in [0.1, 0.15) is 11.3 Å². The van der Waals surface area contributed by atoms with Crippen LogP contribution < -0.4 is 10.1 Å². The summed E-state index contributed by atoms with van der Waals surface area (Å²) in [4.78, 5) is 38.9. The Morgan fingerprint density at radius 2 is 1.92 bits per heavy atom. The van der Waals surface area contributed by atoms with Gasteiger partial charge >= 0.3 is 6.03 Å². The highest BCUT2D eigenvalue weighted by Gasteiger charge is 2.49. The second kappa shape index (κ2) is 6.61. The molecule has 1 aliphatic rings. The van der Waals surface area contributed by atoms with Crippen LogP contribution in [0.1, 0.15) is 22.2 Å². The number of carbonyl (C=O) groups excluding carboxylic acids is 3. The van der Waals surface area contributed by atoms with E-state index in [1.54, 1.807) is 50.4 Å². The van der Waals surface area contributed by atoms with E-state index in [9.17, 15) is 14.4 Å². The number of thiophene rings is 1. The number of imide groups is 1. The van der Waals surface area contributed by atoms with Gasteiger partial charge in [-0.1, -0.05) is 12.1 Å². The van der Waals surface area contributed by atoms with E-state index in [2.05, 4.69) is 21.2 Å². The molecule has 2 heterocycles. The van der Waals surface area contributed by atoms with Crippen LogP contribution in [0.5, 0.6) is 5.75 Å². The standard InChI is InChI=1S/C17H15BrN2O4S/c1-17(10-3-5-11(24-2)6-4-10)15(22)20(16(23)19-17)9-12(21)13-7-8-14(18)25-13/h3-8H,9H2,1-2H3,(H,19,23). The minimum atomic E-state index is -1.21. The van der Waals surface area contributed by atoms with Crippen molar-refractivity contribution in [1.82, 2.24) is 10.2 Å². The molecule has 3 rings (SSSR count). The average Bonchev–Trinajstić information content (AvgIpc) is 3.13. The van der Waals surface area contributed by atoms with Crippen LogP contribution in [0.4, 0.5) is 4.79 Å². The first kappa shape index (κ1) is 17.6. The molecule has 2 aromatic rings. The maximum absolute atomic E-state index is 12.8. The lowest BCUT2D eigenvalue weighted by Gasteiger charge is -2.22. The molecule has 8 heteroatoms. The summed E-state index contributed by atoms with van der Waals surface area (Å²) in [5.41, 5.74) is -0.583. The van der Waals surface area contributed by atoms with Crippen LogP contribution in [0, 0.1) is 0 Å². The molecule has 0 aliphatic carbocycles. The van der Waals surface area contributed by atoms with Crippen molar-refractivity contribution in [1.29, 1.82) is 0 Å². The first-order chi connectivity index (χ1) is 11.8. The van der Waals surface area contributed by atoms with Crippen molar-refractivity contribution in [2.45, 2.75) is 12.5 Å². The van der Waals surface area contributed by atoms with Gasteiger partial charge in [0.2, 0.25) is 0 Å². The second-order valence-electron chi connectivity index (χ2n) is 5.70. The topological polar surface area (TPSA) is 75.7 Å². The lowest BCUT2D eigenvalue weighted by molar-refractivity contribution is -0.130. The van der Waals surface area contributed by atoms with E-state index in [-0.39, 0.29) is 12.3 Å². The Hall–Kier alpha value is -2.19. The number of rotatable bonds is 5. The molecule has 1 N–H and O–H groups in total. The van der Waals surface area contributed by atoms with Crippen LogP contribution in [0.3, 0.4) is 0 Å². The molecule has 0 bridgehead atoms. The number of urea groups is 1. The molecular weight excluding hydrogens is 408 g/mol. The normalized spacial score (nSPS) is 19.9. The molecule has 25 heavy (non-hydrogen) atoms. The Bertz CT molecular complexity index is 849. The third kappa shape index (κ3) is 3.19. The van der Waals surface area contributed by atoms with Gasteiger partial charge in [-0.3, -0.25) is 14.5 Å². The number of nitrogens with zero attached hydrogens (tertiary/aromatic N) is 1. The zero-order valence-electron chi connectivity index (χ0n) is 13.5. The zero-order valence-corrected chi connectivity index (χ0v) is 15.9. The van der Waals surface area contributed by atoms with Crippen LogP contribution in [0.25, 0.3) is 0 Å². The first-order valence-electron chi connectivity index (χ1n) is 7.42. The molecule has 1 saturated heterocycles. The highest BCUT2D eigenvalue weighted by Crippen LogP contribution is 2.30. The summed E-state index contributed by atoms with van der Waals surface area (Å²) in [5, 5.41) is 2.68. The molecule has 6 nitrogen and oxygen atoms in total. The Kier molecular flexibility index (Phi) is 4.66. The van der Waals surface area contributed by atoms with Gasteiger partial charge < -0.3 is 10.1 Å². The van der Waals surface area contributed by atoms with Gasteiger partial charge in [-0.05, 0) is 52.7 Å². The molecule has 1 aromatic carbocycles. The SMILES string of the molecule is COc1ccc(C2(C)NC(=O)N(CC(=O)c3ccc(Br)s3)C2=O)cc1. The summed E-state index contributed by atoms with van der Waals surface area (Å²) in [6, 6.07) is 9.72. The summed E-state index contributed by atoms with van der Waals surface area (Å²) in [5.74, 6) is -0.0794. The van der Waals surface area contributed by atoms with Crippen LogP contribution in [-0.2, 0) is 10.3 Å². The maximum atomic E-state index is 12.8. The van der Waals surface area contributed by atoms with Crippen molar-refractivity contribution in [3.8, 4) is 5.75 Å². The second-order valence-corrected chi connectivity index (χ2v) is 8.16. The third-order valence-corrected chi connectivity index (χ3v) is 5.76. The van der Waals surface area contributed by atoms with E-state index in [4.69, 9.17) is 4.74 Å². The van der Waals surface area contributed by atoms with Gasteiger partial charge in [0.05, 0.1) is 22.3 Å². The van der Waals surface area contributed by atoms with E-state index in [0.717, 1.165) is 8.69 Å². The molecule has 1 atom stereocenters. The number of halogens is 1. The fourth-order valence-corrected chi connectivity index (χ4v) is 3.96. The van der Waals surface area contributed by atoms with Gasteiger partial charge in [-0.25, -0.2) is 4.79 Å². The maximum Gasteiger partial charge on any atom is 0.325 e. The summed E-state index contributed by atoms with van der Waals surface area (Å²) in [6.07, 6.45) is 0. The Labute approximate surface area is 156 Å². The van der Waals surface area contributed by atoms with E-state index in [1.165, 1.54) is 11.3 Å². The van der Waals surface area contributed by atoms with Crippen LogP contribution in [0.2, 0.25) is 0 Å². The lowest BCUT2D eigenvalue weighted by Crippen LogP contribution is -2.41. The average molecular weight is 423 g/mol. The highest BCUT2D eigenvalue weighted by atomic mass is 79.9. The zero-order chi connectivity index (χ0) is 18.2. The van der Waals surface area contributed by atoms with E-state index in [1.807, 2.05) is 0 Å². The quantitative estimate of drug-likeness (QED) is 0.592. The molecule has 1 aromatic heterocycles. The number of hydrogen-bond acceptors (Lipinski definition) is 5. The van der Waals surface area contributed by atoms with Crippen molar-refractivity contribution in [3.05, 3.63) is 50.6 Å². The summed E-state index contributed by atoms with van der Waals surface area (Å²) >= 11 is 4.56. The van der Waals surface area contributed by atoms with E-state index >= 15 is 0 Å². The molecule has 0 spiro atoms. The molecule has 0 saturated carbocycles. The third-order valence-electron chi connectivity index (χ3n) is 4.09. The summed E-state index contributed by atoms with van der Waals surface area (Å²) in [6.45, 7) is 1.34. The largest absolute Gasteiger partial charge is 0.497 e. The van der Waals surface area contributed by atoms with Gasteiger partial charge in [0, 0.05) is 0 Å². The van der Waals surface area contributed by atoms with Gasteiger partial charge in [-0.2, -0.15) is 0 Å². The monoisotopic (exact) mass is 422 g/mol. The molecule has 3 amide bonds. The molecule has 1 unspecified atom stereocenters. The number of methoxy groups -OCH3 is 1. The van der Waals surface area contributed by atoms with Crippen LogP contribution >= 0.6 is 27.3 Å². The molecule has 1 fully saturated rings. The molecule has 1 aliphatic heterocycles. The number of ether oxygens (including phenoxy) is 1. The number of hydrogen-bond donors (Lipinski definition) is 1. The number of carbonyl (C=O) groups is 3. The predicted octanol–water partition coefficient (Wildman–Crippen LogP) is 3.17. The molecule has 0 radical (unpaired) electrons. The predicted molar refractivity (Wildman–Crippen MR) is 96.9 cm³/mol. The fraction of sp³-hybridized carbons (Fsp3) is 0.235. The summed E-state index contributed by atoms with van der Waals surface area (Å²) < 4.78 is 5.92. The van der Waals surface area contributed by atoms with Crippen molar-refractivity contribution in [2.75, 3.05) is 13.7 Å². The van der Waals surface area contributed by atoms with E-state index in [0.29, 0.717) is 16.2 Å². The van der Waals surface area contributed by atoms with Crippen LogP contribution in [-0.4, -0.2) is 36.3 Å². The molecule has 130 valence electrons.